The molecular formula is C59H33N7S. The lowest BCUT2D eigenvalue weighted by atomic mass is 9.99. The summed E-state index contributed by atoms with van der Waals surface area (Å²) >= 11 is 1.79. The molecule has 310 valence electrons. The van der Waals surface area contributed by atoms with Crippen LogP contribution in [0.3, 0.4) is 0 Å². The highest BCUT2D eigenvalue weighted by Crippen LogP contribution is 2.47. The van der Waals surface area contributed by atoms with Crippen molar-refractivity contribution in [3.8, 4) is 68.8 Å². The molecule has 0 fully saturated rings. The Morgan fingerprint density at radius 1 is 0.358 bits per heavy atom. The topological polar surface area (TPSA) is 96.1 Å². The van der Waals surface area contributed by atoms with E-state index < -0.39 is 0 Å². The zero-order valence-corrected chi connectivity index (χ0v) is 36.4. The molecule has 0 atom stereocenters. The van der Waals surface area contributed by atoms with Crippen LogP contribution in [0, 0.1) is 22.7 Å². The molecule has 0 spiro atoms. The fraction of sp³-hybridized carbons (Fsp3) is 0. The quantitative estimate of drug-likeness (QED) is 0.166. The van der Waals surface area contributed by atoms with Crippen LogP contribution < -0.4 is 0 Å². The maximum absolute atomic E-state index is 9.95. The van der Waals surface area contributed by atoms with E-state index in [2.05, 4.69) is 137 Å². The summed E-state index contributed by atoms with van der Waals surface area (Å²) < 4.78 is 6.97. The van der Waals surface area contributed by atoms with E-state index in [4.69, 9.17) is 15.0 Å². The van der Waals surface area contributed by atoms with Gasteiger partial charge in [-0.25, -0.2) is 15.0 Å². The summed E-state index contributed by atoms with van der Waals surface area (Å²) in [6.07, 6.45) is 0. The molecule has 8 heteroatoms. The standard InChI is InChI=1S/C59H33N7S/c60-34-36-25-27-52-47(29-36)43-19-7-9-22-50(43)65(52)42-32-46(40-17-11-18-41(31-40)59-63-57(38-13-3-1-4-14-38)62-58(64-59)39-15-5-2-6-16-39)55-49(33-42)45-21-12-24-54(56(45)67-55)66-51-23-10-8-20-44(51)48-30-37(35-61)26-28-53(48)66/h1-33H. The van der Waals surface area contributed by atoms with Crippen LogP contribution >= 0.6 is 11.3 Å². The lowest BCUT2D eigenvalue weighted by molar-refractivity contribution is 1.07. The molecule has 0 saturated carbocycles. The second kappa shape index (κ2) is 15.2. The fourth-order valence-electron chi connectivity index (χ4n) is 9.78. The average Bonchev–Trinajstić information content (AvgIpc) is 4.06. The van der Waals surface area contributed by atoms with Gasteiger partial charge in [-0.1, -0.05) is 127 Å². The summed E-state index contributed by atoms with van der Waals surface area (Å²) in [5.74, 6) is 1.80. The normalized spacial score (nSPS) is 11.6. The van der Waals surface area contributed by atoms with Gasteiger partial charge in [0.25, 0.3) is 0 Å². The van der Waals surface area contributed by atoms with Crippen LogP contribution in [0.4, 0.5) is 0 Å². The Balaban J connectivity index is 1.09. The molecule has 4 aromatic heterocycles. The number of nitrogens with zero attached hydrogens (tertiary/aromatic N) is 7. The average molecular weight is 872 g/mol. The first-order chi connectivity index (χ1) is 33.1. The summed E-state index contributed by atoms with van der Waals surface area (Å²) in [7, 11) is 0. The maximum atomic E-state index is 9.95. The number of hydrogen-bond acceptors (Lipinski definition) is 6. The molecule has 0 amide bonds. The van der Waals surface area contributed by atoms with E-state index in [0.29, 0.717) is 28.6 Å². The van der Waals surface area contributed by atoms with Gasteiger partial charge in [-0.2, -0.15) is 10.5 Å². The minimum atomic E-state index is 0.585. The number of rotatable bonds is 6. The number of hydrogen-bond donors (Lipinski definition) is 0. The van der Waals surface area contributed by atoms with Gasteiger partial charge in [0.15, 0.2) is 17.5 Å². The molecule has 0 saturated heterocycles. The molecule has 13 rings (SSSR count). The van der Waals surface area contributed by atoms with E-state index >= 15 is 0 Å². The van der Waals surface area contributed by atoms with E-state index in [1.54, 1.807) is 11.3 Å². The van der Waals surface area contributed by atoms with E-state index in [1.807, 2.05) is 84.9 Å². The molecule has 67 heavy (non-hydrogen) atoms. The van der Waals surface area contributed by atoms with Gasteiger partial charge in [-0.15, -0.1) is 11.3 Å². The number of aromatic nitrogens is 5. The zero-order chi connectivity index (χ0) is 44.6. The summed E-state index contributed by atoms with van der Waals surface area (Å²) in [5, 5.41) is 26.4. The number of nitriles is 2. The lowest BCUT2D eigenvalue weighted by Crippen LogP contribution is -2.00. The van der Waals surface area contributed by atoms with Crippen LogP contribution in [0.25, 0.3) is 120 Å². The first-order valence-corrected chi connectivity index (χ1v) is 22.8. The molecule has 0 aliphatic carbocycles. The van der Waals surface area contributed by atoms with Gasteiger partial charge in [0.05, 0.1) is 55.7 Å². The Labute approximate surface area is 388 Å². The van der Waals surface area contributed by atoms with E-state index in [-0.39, 0.29) is 0 Å². The van der Waals surface area contributed by atoms with Crippen LogP contribution in [0.5, 0.6) is 0 Å². The zero-order valence-electron chi connectivity index (χ0n) is 35.6. The maximum Gasteiger partial charge on any atom is 0.164 e. The van der Waals surface area contributed by atoms with Crippen LogP contribution in [0.15, 0.2) is 200 Å². The highest BCUT2D eigenvalue weighted by molar-refractivity contribution is 7.26. The smallest absolute Gasteiger partial charge is 0.164 e. The van der Waals surface area contributed by atoms with Gasteiger partial charge >= 0.3 is 0 Å². The molecule has 0 aliphatic heterocycles. The van der Waals surface area contributed by atoms with Crippen molar-refractivity contribution in [2.24, 2.45) is 0 Å². The van der Waals surface area contributed by atoms with Crippen molar-refractivity contribution in [3.63, 3.8) is 0 Å². The van der Waals surface area contributed by atoms with Crippen molar-refractivity contribution in [2.45, 2.75) is 0 Å². The molecule has 0 aliphatic rings. The SMILES string of the molecule is N#Cc1ccc2c(c1)c1ccccc1n2-c1cc(-c2cccc(-c3nc(-c4ccccc4)nc(-c4ccccc4)n3)c2)c2sc3c(-n4c5ccccc5c5cc(C#N)ccc54)cccc3c2c1. The predicted molar refractivity (Wildman–Crippen MR) is 273 cm³/mol. The molecule has 0 bridgehead atoms. The first kappa shape index (κ1) is 38.3. The number of benzene rings is 9. The third-order valence-electron chi connectivity index (χ3n) is 12.8. The van der Waals surface area contributed by atoms with Gasteiger partial charge in [0, 0.05) is 65.0 Å². The minimum absolute atomic E-state index is 0.585. The second-order valence-electron chi connectivity index (χ2n) is 16.6. The monoisotopic (exact) mass is 871 g/mol. The molecule has 9 aromatic carbocycles. The third kappa shape index (κ3) is 6.13. The predicted octanol–water partition coefficient (Wildman–Crippen LogP) is 14.8. The van der Waals surface area contributed by atoms with Crippen LogP contribution in [-0.2, 0) is 0 Å². The molecule has 7 nitrogen and oxygen atoms in total. The highest BCUT2D eigenvalue weighted by atomic mass is 32.1. The van der Waals surface area contributed by atoms with E-state index in [1.165, 1.54) is 0 Å². The molecule has 0 radical (unpaired) electrons. The van der Waals surface area contributed by atoms with Crippen molar-refractivity contribution in [1.82, 2.24) is 24.1 Å². The summed E-state index contributed by atoms with van der Waals surface area (Å²) in [6.45, 7) is 0. The number of fused-ring (bicyclic) bond motifs is 9. The summed E-state index contributed by atoms with van der Waals surface area (Å²) in [5.41, 5.74) is 12.3. The van der Waals surface area contributed by atoms with Gasteiger partial charge in [-0.05, 0) is 78.4 Å². The molecule has 13 aromatic rings. The largest absolute Gasteiger partial charge is 0.309 e. The Morgan fingerprint density at radius 3 is 1.48 bits per heavy atom. The van der Waals surface area contributed by atoms with Crippen molar-refractivity contribution in [1.29, 1.82) is 10.5 Å². The Hall–Kier alpha value is -9.21. The Bertz CT molecular complexity index is 4190. The fourth-order valence-corrected chi connectivity index (χ4v) is 11.1. The van der Waals surface area contributed by atoms with Crippen molar-refractivity contribution >= 4 is 75.1 Å². The first-order valence-electron chi connectivity index (χ1n) is 22.0. The third-order valence-corrected chi connectivity index (χ3v) is 14.1. The lowest BCUT2D eigenvalue weighted by Gasteiger charge is -2.13. The Morgan fingerprint density at radius 2 is 0.851 bits per heavy atom. The van der Waals surface area contributed by atoms with Crippen LogP contribution in [0.2, 0.25) is 0 Å². The van der Waals surface area contributed by atoms with Gasteiger partial charge < -0.3 is 9.13 Å². The minimum Gasteiger partial charge on any atom is -0.309 e. The summed E-state index contributed by atoms with van der Waals surface area (Å²) in [4.78, 5) is 15.2. The number of para-hydroxylation sites is 2. The molecule has 0 N–H and O–H groups in total. The van der Waals surface area contributed by atoms with Gasteiger partial charge in [0.1, 0.15) is 0 Å². The molecule has 4 heterocycles. The van der Waals surface area contributed by atoms with Gasteiger partial charge in [-0.3, -0.25) is 0 Å². The van der Waals surface area contributed by atoms with Crippen LogP contribution in [-0.4, -0.2) is 24.1 Å². The van der Waals surface area contributed by atoms with E-state index in [0.717, 1.165) is 103 Å². The van der Waals surface area contributed by atoms with Crippen molar-refractivity contribution < 1.29 is 0 Å². The highest BCUT2D eigenvalue weighted by Gasteiger charge is 2.22. The van der Waals surface area contributed by atoms with E-state index in [9.17, 15) is 10.5 Å². The number of thiophene rings is 1. The van der Waals surface area contributed by atoms with Crippen molar-refractivity contribution in [3.05, 3.63) is 211 Å². The van der Waals surface area contributed by atoms with Crippen molar-refractivity contribution in [2.75, 3.05) is 0 Å². The Kier molecular flexibility index (Phi) is 8.69. The second-order valence-corrected chi connectivity index (χ2v) is 17.7. The molecular weight excluding hydrogens is 839 g/mol. The summed E-state index contributed by atoms with van der Waals surface area (Å²) in [6, 6.07) is 73.4. The van der Waals surface area contributed by atoms with Crippen LogP contribution in [0.1, 0.15) is 11.1 Å². The molecule has 0 unspecified atom stereocenters. The van der Waals surface area contributed by atoms with Gasteiger partial charge in [0.2, 0.25) is 0 Å².